The van der Waals surface area contributed by atoms with E-state index in [0.29, 0.717) is 30.7 Å². The van der Waals surface area contributed by atoms with Crippen molar-refractivity contribution in [3.63, 3.8) is 0 Å². The van der Waals surface area contributed by atoms with E-state index in [1.165, 1.54) is 34.2 Å². The van der Waals surface area contributed by atoms with Crippen LogP contribution in [0.1, 0.15) is 37.2 Å². The Bertz CT molecular complexity index is 1110. The summed E-state index contributed by atoms with van der Waals surface area (Å²) in [5.74, 6) is 0.0391. The Balaban J connectivity index is 0.932. The van der Waals surface area contributed by atoms with Crippen molar-refractivity contribution in [3.8, 4) is 0 Å². The van der Waals surface area contributed by atoms with Gasteiger partial charge in [0.2, 0.25) is 11.8 Å². The Kier molecular flexibility index (Phi) is 4.74. The van der Waals surface area contributed by atoms with Crippen LogP contribution in [-0.2, 0) is 9.59 Å². The molecule has 3 N–H and O–H groups in total. The SMILES string of the molecule is O=C1C2C3CC(C(O)C3O)C2C(=O)N1CC1CC1CN1CCC(c2c[nH]c3ccccc23)CC1. The average Bonchev–Trinajstić information content (AvgIpc) is 3.14. The number of hydrogen-bond acceptors (Lipinski definition) is 5. The Labute approximate surface area is 199 Å². The van der Waals surface area contributed by atoms with Crippen LogP contribution in [0.4, 0.5) is 0 Å². The summed E-state index contributed by atoms with van der Waals surface area (Å²) in [4.78, 5) is 33.5. The van der Waals surface area contributed by atoms with Gasteiger partial charge < -0.3 is 20.1 Å². The fourth-order valence-electron chi connectivity index (χ4n) is 7.85. The quantitative estimate of drug-likeness (QED) is 0.589. The van der Waals surface area contributed by atoms with Gasteiger partial charge in [0.15, 0.2) is 0 Å². The third-order valence-corrected chi connectivity index (χ3v) is 9.81. The predicted molar refractivity (Wildman–Crippen MR) is 126 cm³/mol. The molecule has 0 radical (unpaired) electrons. The van der Waals surface area contributed by atoms with E-state index in [9.17, 15) is 19.8 Å². The second kappa shape index (κ2) is 7.64. The van der Waals surface area contributed by atoms with Crippen molar-refractivity contribution in [2.45, 2.75) is 43.8 Å². The van der Waals surface area contributed by atoms with Crippen molar-refractivity contribution < 1.29 is 19.8 Å². The molecule has 2 aromatic rings. The summed E-state index contributed by atoms with van der Waals surface area (Å²) < 4.78 is 0. The van der Waals surface area contributed by atoms with Gasteiger partial charge in [0.1, 0.15) is 0 Å². The number of amides is 2. The van der Waals surface area contributed by atoms with Gasteiger partial charge in [0.05, 0.1) is 24.0 Å². The number of piperidine rings is 1. The van der Waals surface area contributed by atoms with Crippen molar-refractivity contribution in [1.82, 2.24) is 14.8 Å². The van der Waals surface area contributed by atoms with Crippen molar-refractivity contribution in [2.75, 3.05) is 26.2 Å². The highest BCUT2D eigenvalue weighted by molar-refractivity contribution is 6.06. The molecule has 8 unspecified atom stereocenters. The van der Waals surface area contributed by atoms with Crippen LogP contribution in [0.15, 0.2) is 30.5 Å². The van der Waals surface area contributed by atoms with Gasteiger partial charge in [-0.1, -0.05) is 18.2 Å². The summed E-state index contributed by atoms with van der Waals surface area (Å²) in [7, 11) is 0. The van der Waals surface area contributed by atoms with Gasteiger partial charge in [0.25, 0.3) is 0 Å². The summed E-state index contributed by atoms with van der Waals surface area (Å²) in [5, 5.41) is 21.8. The summed E-state index contributed by atoms with van der Waals surface area (Å²) in [5.41, 5.74) is 2.66. The number of aromatic nitrogens is 1. The molecule has 180 valence electrons. The first kappa shape index (κ1) is 21.1. The number of para-hydroxylation sites is 1. The number of fused-ring (bicyclic) bond motifs is 6. The molecular formula is C27H33N3O4. The van der Waals surface area contributed by atoms with Gasteiger partial charge in [-0.05, 0) is 68.2 Å². The molecule has 2 amide bonds. The minimum atomic E-state index is -0.858. The van der Waals surface area contributed by atoms with Gasteiger partial charge in [-0.15, -0.1) is 0 Å². The molecule has 2 bridgehead atoms. The Morgan fingerprint density at radius 1 is 0.882 bits per heavy atom. The number of hydrogen-bond donors (Lipinski definition) is 3. The molecule has 3 heterocycles. The minimum absolute atomic E-state index is 0.0985. The molecular weight excluding hydrogens is 430 g/mol. The molecule has 5 fully saturated rings. The van der Waals surface area contributed by atoms with E-state index in [1.54, 1.807) is 0 Å². The third kappa shape index (κ3) is 3.06. The largest absolute Gasteiger partial charge is 0.390 e. The van der Waals surface area contributed by atoms with E-state index < -0.39 is 24.0 Å². The fourth-order valence-corrected chi connectivity index (χ4v) is 7.85. The molecule has 1 aromatic carbocycles. The number of aliphatic hydroxyl groups is 2. The van der Waals surface area contributed by atoms with E-state index >= 15 is 0 Å². The van der Waals surface area contributed by atoms with Crippen molar-refractivity contribution in [3.05, 3.63) is 36.0 Å². The molecule has 7 rings (SSSR count). The Hall–Kier alpha value is -2.22. The molecule has 0 spiro atoms. The van der Waals surface area contributed by atoms with Gasteiger partial charge >= 0.3 is 0 Å². The average molecular weight is 464 g/mol. The van der Waals surface area contributed by atoms with Crippen LogP contribution in [0, 0.1) is 35.5 Å². The lowest BCUT2D eigenvalue weighted by Crippen LogP contribution is -2.43. The maximum absolute atomic E-state index is 13.0. The van der Waals surface area contributed by atoms with Crippen LogP contribution in [0.5, 0.6) is 0 Å². The number of benzene rings is 1. The zero-order valence-electron chi connectivity index (χ0n) is 19.3. The molecule has 5 aliphatic rings. The zero-order chi connectivity index (χ0) is 23.1. The predicted octanol–water partition coefficient (Wildman–Crippen LogP) is 1.96. The highest BCUT2D eigenvalue weighted by atomic mass is 16.3. The number of aliphatic hydroxyl groups excluding tert-OH is 2. The van der Waals surface area contributed by atoms with Gasteiger partial charge in [-0.3, -0.25) is 14.5 Å². The first-order chi connectivity index (χ1) is 16.5. The van der Waals surface area contributed by atoms with Crippen LogP contribution in [0.25, 0.3) is 10.9 Å². The highest BCUT2D eigenvalue weighted by Gasteiger charge is 2.67. The van der Waals surface area contributed by atoms with Gasteiger partial charge in [0, 0.05) is 42.0 Å². The topological polar surface area (TPSA) is 96.9 Å². The number of imide groups is 1. The van der Waals surface area contributed by atoms with Gasteiger partial charge in [-0.2, -0.15) is 0 Å². The zero-order valence-corrected chi connectivity index (χ0v) is 19.3. The molecule has 7 nitrogen and oxygen atoms in total. The Morgan fingerprint density at radius 3 is 2.24 bits per heavy atom. The lowest BCUT2D eigenvalue weighted by Gasteiger charge is -2.32. The van der Waals surface area contributed by atoms with Crippen LogP contribution in [0.2, 0.25) is 0 Å². The standard InChI is InChI=1S/C27H33N3O4/c31-24-18-10-19(25(24)32)23-22(18)26(33)30(27(23)34)13-16-9-15(16)12-29-7-5-14(6-8-29)20-11-28-21-4-2-1-3-17(20)21/h1-4,11,14-16,18-19,22-25,28,31-32H,5-10,12-13H2. The molecule has 7 heteroatoms. The summed E-state index contributed by atoms with van der Waals surface area (Å²) in [6, 6.07) is 8.54. The number of nitrogens with one attached hydrogen (secondary N) is 1. The maximum atomic E-state index is 13.0. The molecule has 3 saturated carbocycles. The number of aromatic amines is 1. The van der Waals surface area contributed by atoms with Crippen molar-refractivity contribution in [2.24, 2.45) is 35.5 Å². The summed E-state index contributed by atoms with van der Waals surface area (Å²) in [6.45, 7) is 3.76. The van der Waals surface area contributed by atoms with Crippen molar-refractivity contribution in [1.29, 1.82) is 0 Å². The molecule has 2 saturated heterocycles. The molecule has 2 aliphatic heterocycles. The number of carbonyl (C=O) groups is 2. The third-order valence-electron chi connectivity index (χ3n) is 9.81. The smallest absolute Gasteiger partial charge is 0.233 e. The fraction of sp³-hybridized carbons (Fsp3) is 0.630. The van der Waals surface area contributed by atoms with Crippen LogP contribution >= 0.6 is 0 Å². The lowest BCUT2D eigenvalue weighted by atomic mass is 9.78. The normalized spacial score (nSPS) is 40.0. The lowest BCUT2D eigenvalue weighted by molar-refractivity contribution is -0.141. The van der Waals surface area contributed by atoms with E-state index in [0.717, 1.165) is 26.1 Å². The second-order valence-corrected chi connectivity index (χ2v) is 11.5. The van der Waals surface area contributed by atoms with Crippen LogP contribution < -0.4 is 0 Å². The molecule has 8 atom stereocenters. The van der Waals surface area contributed by atoms with E-state index in [2.05, 4.69) is 40.3 Å². The van der Waals surface area contributed by atoms with Crippen LogP contribution in [-0.4, -0.2) is 75.2 Å². The monoisotopic (exact) mass is 463 g/mol. The minimum Gasteiger partial charge on any atom is -0.390 e. The molecule has 34 heavy (non-hydrogen) atoms. The van der Waals surface area contributed by atoms with Gasteiger partial charge in [-0.25, -0.2) is 0 Å². The second-order valence-electron chi connectivity index (χ2n) is 11.5. The number of rotatable bonds is 5. The molecule has 3 aliphatic carbocycles. The number of likely N-dealkylation sites (tertiary alicyclic amines) is 2. The number of nitrogens with zero attached hydrogens (tertiary/aromatic N) is 2. The summed E-state index contributed by atoms with van der Waals surface area (Å²) >= 11 is 0. The van der Waals surface area contributed by atoms with E-state index in [1.807, 2.05) is 0 Å². The first-order valence-corrected chi connectivity index (χ1v) is 13.0. The summed E-state index contributed by atoms with van der Waals surface area (Å²) in [6.07, 6.45) is 4.48. The highest BCUT2D eigenvalue weighted by Crippen LogP contribution is 2.56. The molecule has 1 aromatic heterocycles. The van der Waals surface area contributed by atoms with E-state index in [-0.39, 0.29) is 23.7 Å². The van der Waals surface area contributed by atoms with E-state index in [4.69, 9.17) is 0 Å². The Morgan fingerprint density at radius 2 is 1.53 bits per heavy atom. The van der Waals surface area contributed by atoms with Crippen LogP contribution in [0.3, 0.4) is 0 Å². The maximum Gasteiger partial charge on any atom is 0.233 e. The first-order valence-electron chi connectivity index (χ1n) is 13.0. The number of carbonyl (C=O) groups excluding carboxylic acids is 2. The van der Waals surface area contributed by atoms with Crippen molar-refractivity contribution >= 4 is 22.7 Å². The number of H-pyrrole nitrogens is 1.